The van der Waals surface area contributed by atoms with Gasteiger partial charge in [-0.1, -0.05) is 13.0 Å². The molecule has 0 radical (unpaired) electrons. The number of likely N-dealkylation sites (N-methyl/N-ethyl adjacent to an activating group) is 1. The lowest BCUT2D eigenvalue weighted by molar-refractivity contribution is 0.250. The monoisotopic (exact) mass is 637 g/mol. The van der Waals surface area contributed by atoms with Crippen molar-refractivity contribution in [3.8, 4) is 17.2 Å². The summed E-state index contributed by atoms with van der Waals surface area (Å²) in [6.45, 7) is 10.9. The van der Waals surface area contributed by atoms with Gasteiger partial charge in [-0.2, -0.15) is 4.52 Å². The number of anilines is 2. The van der Waals surface area contributed by atoms with E-state index in [9.17, 15) is 0 Å². The van der Waals surface area contributed by atoms with Gasteiger partial charge in [0, 0.05) is 87.7 Å². The molecule has 0 aliphatic carbocycles. The maximum Gasteiger partial charge on any atom is 0.226 e. The fourth-order valence-corrected chi connectivity index (χ4v) is 6.75. The zero-order valence-corrected chi connectivity index (χ0v) is 27.7. The quantitative estimate of drug-likeness (QED) is 0.227. The number of rotatable bonds is 11. The van der Waals surface area contributed by atoms with Gasteiger partial charge in [0.1, 0.15) is 22.8 Å². The van der Waals surface area contributed by atoms with Gasteiger partial charge in [-0.25, -0.2) is 9.97 Å². The Balaban J connectivity index is 1.11. The molecule has 47 heavy (non-hydrogen) atoms. The molecule has 0 atom stereocenters. The summed E-state index contributed by atoms with van der Waals surface area (Å²) in [5, 5.41) is 9.32. The molecule has 0 spiro atoms. The van der Waals surface area contributed by atoms with Gasteiger partial charge in [0.25, 0.3) is 0 Å². The second-order valence-corrected chi connectivity index (χ2v) is 12.0. The summed E-state index contributed by atoms with van der Waals surface area (Å²) in [5.41, 5.74) is 6.42. The highest BCUT2D eigenvalue weighted by molar-refractivity contribution is 5.96. The number of nitrogens with one attached hydrogen (secondary N) is 1. The van der Waals surface area contributed by atoms with Gasteiger partial charge in [-0.05, 0) is 48.9 Å². The number of aromatic nitrogens is 5. The maximum absolute atomic E-state index is 5.68. The first-order valence-corrected chi connectivity index (χ1v) is 16.4. The highest BCUT2D eigenvalue weighted by Crippen LogP contribution is 2.31. The van der Waals surface area contributed by atoms with Gasteiger partial charge in [-0.15, -0.1) is 5.10 Å². The molecule has 0 amide bonds. The summed E-state index contributed by atoms with van der Waals surface area (Å²) in [5.74, 6) is 3.51. The van der Waals surface area contributed by atoms with Crippen molar-refractivity contribution in [3.63, 3.8) is 0 Å². The minimum atomic E-state index is 0.474. The van der Waals surface area contributed by atoms with Crippen molar-refractivity contribution in [1.82, 2.24) is 34.4 Å². The highest BCUT2D eigenvalue weighted by atomic mass is 16.5. The van der Waals surface area contributed by atoms with Crippen molar-refractivity contribution >= 4 is 28.2 Å². The average Bonchev–Trinajstić information content (AvgIpc) is 3.57. The molecule has 12 heteroatoms. The van der Waals surface area contributed by atoms with Crippen molar-refractivity contribution in [1.29, 1.82) is 0 Å². The van der Waals surface area contributed by atoms with Crippen molar-refractivity contribution in [2.24, 2.45) is 0 Å². The first-order valence-electron chi connectivity index (χ1n) is 16.4. The molecule has 0 bridgehead atoms. The van der Waals surface area contributed by atoms with Crippen LogP contribution in [0.5, 0.6) is 17.2 Å². The molecule has 12 nitrogen and oxygen atoms in total. The third-order valence-electron chi connectivity index (χ3n) is 9.44. The van der Waals surface area contributed by atoms with Crippen molar-refractivity contribution < 1.29 is 14.2 Å². The fraction of sp³-hybridized carbons (Fsp3) is 0.429. The summed E-state index contributed by atoms with van der Waals surface area (Å²) in [6, 6.07) is 13.9. The molecule has 1 saturated heterocycles. The van der Waals surface area contributed by atoms with E-state index in [-0.39, 0.29) is 0 Å². The molecular formula is C35H43N9O3. The second kappa shape index (κ2) is 13.6. The maximum atomic E-state index is 5.68. The number of fused-ring (bicyclic) bond motifs is 4. The lowest BCUT2D eigenvalue weighted by Gasteiger charge is -2.38. The van der Waals surface area contributed by atoms with E-state index in [0.717, 1.165) is 98.2 Å². The third kappa shape index (κ3) is 6.22. The predicted octanol–water partition coefficient (Wildman–Crippen LogP) is 4.05. The number of hydrogen-bond donors (Lipinski definition) is 1. The topological polar surface area (TPSA) is 105 Å². The van der Waals surface area contributed by atoms with Gasteiger partial charge in [-0.3, -0.25) is 9.88 Å². The van der Waals surface area contributed by atoms with E-state index in [1.807, 2.05) is 47.1 Å². The van der Waals surface area contributed by atoms with E-state index in [1.54, 1.807) is 21.3 Å². The Kier molecular flexibility index (Phi) is 8.94. The smallest absolute Gasteiger partial charge is 0.226 e. The lowest BCUT2D eigenvalue weighted by atomic mass is 10.0. The Morgan fingerprint density at radius 1 is 0.872 bits per heavy atom. The molecule has 0 unspecified atom stereocenters. The SMILES string of the molecule is CCN1CCN(c2ccnc3c2CCN(CCc2nc4c5cccc(OC)c5nc(NCc5ccc(OC)cc5OC)n4n2)C3)CC1. The van der Waals surface area contributed by atoms with E-state index in [4.69, 9.17) is 34.3 Å². The van der Waals surface area contributed by atoms with Crippen molar-refractivity contribution in [3.05, 3.63) is 71.3 Å². The Hall–Kier alpha value is -4.68. The molecule has 2 aliphatic heterocycles. The Bertz CT molecular complexity index is 1870. The van der Waals surface area contributed by atoms with Gasteiger partial charge in [0.2, 0.25) is 5.95 Å². The van der Waals surface area contributed by atoms with Gasteiger partial charge < -0.3 is 29.3 Å². The van der Waals surface area contributed by atoms with E-state index in [0.29, 0.717) is 24.7 Å². The van der Waals surface area contributed by atoms with Gasteiger partial charge >= 0.3 is 0 Å². The van der Waals surface area contributed by atoms with E-state index >= 15 is 0 Å². The summed E-state index contributed by atoms with van der Waals surface area (Å²) in [7, 11) is 4.96. The van der Waals surface area contributed by atoms with Crippen LogP contribution in [0.4, 0.5) is 11.6 Å². The minimum Gasteiger partial charge on any atom is -0.497 e. The van der Waals surface area contributed by atoms with Crippen LogP contribution in [0.15, 0.2) is 48.7 Å². The number of pyridine rings is 1. The number of para-hydroxylation sites is 1. The Morgan fingerprint density at radius 2 is 1.72 bits per heavy atom. The molecule has 2 aromatic carbocycles. The lowest BCUT2D eigenvalue weighted by Crippen LogP contribution is -2.47. The van der Waals surface area contributed by atoms with Crippen LogP contribution >= 0.6 is 0 Å². The first-order chi connectivity index (χ1) is 23.1. The minimum absolute atomic E-state index is 0.474. The zero-order chi connectivity index (χ0) is 32.3. The van der Waals surface area contributed by atoms with Crippen LogP contribution in [0.3, 0.4) is 0 Å². The number of ether oxygens (including phenoxy) is 3. The molecule has 1 fully saturated rings. The molecule has 0 saturated carbocycles. The van der Waals surface area contributed by atoms with Crippen LogP contribution in [-0.4, -0.2) is 102 Å². The van der Waals surface area contributed by atoms with Gasteiger partial charge in [0.15, 0.2) is 11.5 Å². The van der Waals surface area contributed by atoms with Crippen LogP contribution in [0, 0.1) is 0 Å². The molecule has 7 rings (SSSR count). The van der Waals surface area contributed by atoms with E-state index < -0.39 is 0 Å². The Labute approximate surface area is 275 Å². The number of hydrogen-bond acceptors (Lipinski definition) is 11. The summed E-state index contributed by atoms with van der Waals surface area (Å²) in [4.78, 5) is 22.3. The van der Waals surface area contributed by atoms with Crippen molar-refractivity contribution in [2.75, 3.05) is 77.4 Å². The molecular weight excluding hydrogens is 594 g/mol. The molecule has 1 N–H and O–H groups in total. The predicted molar refractivity (Wildman–Crippen MR) is 183 cm³/mol. The number of methoxy groups -OCH3 is 3. The summed E-state index contributed by atoms with van der Waals surface area (Å²) in [6.07, 6.45) is 3.70. The largest absolute Gasteiger partial charge is 0.497 e. The van der Waals surface area contributed by atoms with Crippen LogP contribution in [0.2, 0.25) is 0 Å². The number of benzene rings is 2. The van der Waals surface area contributed by atoms with Gasteiger partial charge in [0.05, 0.1) is 27.0 Å². The average molecular weight is 638 g/mol. The van der Waals surface area contributed by atoms with Crippen LogP contribution in [-0.2, 0) is 25.9 Å². The van der Waals surface area contributed by atoms with Crippen molar-refractivity contribution in [2.45, 2.75) is 32.9 Å². The Morgan fingerprint density at radius 3 is 2.51 bits per heavy atom. The standard InChI is InChI=1S/C35H43N9O3/c1-5-41-17-19-43(20-18-41)29-11-14-36-28-23-42(15-12-26(28)29)16-13-32-38-34-27-7-6-8-30(46-3)33(27)39-35(44(34)40-32)37-22-24-9-10-25(45-2)21-31(24)47-4/h6-11,14,21H,5,12-13,15-20,22-23H2,1-4H3,(H,37,39). The number of piperazine rings is 1. The molecule has 3 aromatic heterocycles. The summed E-state index contributed by atoms with van der Waals surface area (Å²) >= 11 is 0. The zero-order valence-electron chi connectivity index (χ0n) is 27.7. The molecule has 5 heterocycles. The fourth-order valence-electron chi connectivity index (χ4n) is 6.75. The van der Waals surface area contributed by atoms with E-state index in [2.05, 4.69) is 33.0 Å². The third-order valence-corrected chi connectivity index (χ3v) is 9.44. The highest BCUT2D eigenvalue weighted by Gasteiger charge is 2.25. The normalized spacial score (nSPS) is 15.6. The molecule has 246 valence electrons. The first kappa shape index (κ1) is 30.9. The van der Waals surface area contributed by atoms with Crippen LogP contribution in [0.25, 0.3) is 16.6 Å². The van der Waals surface area contributed by atoms with E-state index in [1.165, 1.54) is 16.9 Å². The molecule has 5 aromatic rings. The van der Waals surface area contributed by atoms with Crippen LogP contribution < -0.4 is 24.4 Å². The summed E-state index contributed by atoms with van der Waals surface area (Å²) < 4.78 is 18.5. The second-order valence-electron chi connectivity index (χ2n) is 12.0. The molecule has 2 aliphatic rings. The van der Waals surface area contributed by atoms with Crippen LogP contribution in [0.1, 0.15) is 29.6 Å². The number of nitrogens with zero attached hydrogens (tertiary/aromatic N) is 8.